The average Bonchev–Trinajstić information content (AvgIpc) is 3.96. The molecule has 2 aliphatic heterocycles. The maximum Gasteiger partial charge on any atom is 0.327 e. The number of aromatic nitrogens is 8. The van der Waals surface area contributed by atoms with Gasteiger partial charge in [-0.05, 0) is 37.9 Å². The number of aliphatic hydroxyl groups is 3. The van der Waals surface area contributed by atoms with Gasteiger partial charge in [0, 0.05) is 13.3 Å². The Bertz CT molecular complexity index is 2450. The highest BCUT2D eigenvalue weighted by atomic mass is 35.5. The molecule has 4 aromatic heterocycles. The third kappa shape index (κ3) is 10.5. The van der Waals surface area contributed by atoms with Crippen LogP contribution < -0.4 is 11.5 Å². The van der Waals surface area contributed by atoms with Crippen LogP contribution in [0.2, 0.25) is 5.28 Å². The molecule has 1 aromatic carbocycles. The van der Waals surface area contributed by atoms with E-state index in [9.17, 15) is 24.4 Å². The molecule has 0 radical (unpaired) electrons. The molecule has 2 aliphatic rings. The van der Waals surface area contributed by atoms with E-state index >= 15 is 0 Å². The Morgan fingerprint density at radius 3 is 1.79 bits per heavy atom. The number of rotatable bonds is 17. The number of halogens is 1. The van der Waals surface area contributed by atoms with Crippen LogP contribution in [0.25, 0.3) is 22.3 Å². The van der Waals surface area contributed by atoms with Crippen molar-refractivity contribution >= 4 is 60.8 Å². The zero-order valence-corrected chi connectivity index (χ0v) is 38.5. The highest BCUT2D eigenvalue weighted by molar-refractivity contribution is 7.53. The van der Waals surface area contributed by atoms with Crippen molar-refractivity contribution in [2.75, 3.05) is 64.4 Å². The molecule has 2 saturated heterocycles. The SMILES string of the molecule is CCOP(C)(=O)OC[C@H]1O[C@@H](n2cnc3c(N)nc(C)nc32)C(C)(COCc2ccccc2)[C@H]1O.CCOP(C)(=O)OC[C@H]1O[C@@H](n2cnc3c(N)nc(Cl)nc32)C(C)(CO)[C@H]1O. The van der Waals surface area contributed by atoms with Crippen LogP contribution in [0.4, 0.5) is 11.6 Å². The lowest BCUT2D eigenvalue weighted by molar-refractivity contribution is -0.0736. The smallest absolute Gasteiger partial charge is 0.327 e. The number of hydrogen-bond donors (Lipinski definition) is 5. The number of ether oxygens (including phenoxy) is 3. The number of nitrogen functional groups attached to an aromatic ring is 2. The molecule has 22 nitrogen and oxygen atoms in total. The molecule has 4 unspecified atom stereocenters. The fourth-order valence-electron chi connectivity index (χ4n) is 7.52. The first kappa shape index (κ1) is 48.7. The van der Waals surface area contributed by atoms with Crippen molar-refractivity contribution in [2.45, 2.75) is 78.1 Å². The molecule has 63 heavy (non-hydrogen) atoms. The summed E-state index contributed by atoms with van der Waals surface area (Å²) >= 11 is 5.90. The number of hydrogen-bond acceptors (Lipinski definition) is 20. The molecule has 10 atom stereocenters. The minimum absolute atomic E-state index is 0.0699. The van der Waals surface area contributed by atoms with Gasteiger partial charge in [0.15, 0.2) is 22.9 Å². The lowest BCUT2D eigenvalue weighted by atomic mass is 9.83. The van der Waals surface area contributed by atoms with Crippen molar-refractivity contribution in [1.29, 1.82) is 0 Å². The monoisotopic (exact) mass is 940 g/mol. The van der Waals surface area contributed by atoms with Crippen molar-refractivity contribution in [1.82, 2.24) is 39.0 Å². The van der Waals surface area contributed by atoms with Crippen LogP contribution >= 0.6 is 26.8 Å². The number of aliphatic hydroxyl groups excluding tert-OH is 3. The molecule has 0 saturated carbocycles. The van der Waals surface area contributed by atoms with E-state index in [0.717, 1.165) is 5.56 Å². The lowest BCUT2D eigenvalue weighted by Gasteiger charge is -2.33. The van der Waals surface area contributed by atoms with Crippen LogP contribution in [0.15, 0.2) is 43.0 Å². The van der Waals surface area contributed by atoms with E-state index in [0.29, 0.717) is 34.8 Å². The van der Waals surface area contributed by atoms with Crippen molar-refractivity contribution in [3.05, 3.63) is 59.7 Å². The third-order valence-corrected chi connectivity index (χ3v) is 13.7. The first-order chi connectivity index (χ1) is 29.8. The van der Waals surface area contributed by atoms with Crippen LogP contribution in [-0.4, -0.2) is 132 Å². The second-order valence-corrected chi connectivity index (χ2v) is 20.2. The van der Waals surface area contributed by atoms with E-state index in [4.69, 9.17) is 55.4 Å². The summed E-state index contributed by atoms with van der Waals surface area (Å²) in [7, 11) is -6.57. The Balaban J connectivity index is 0.000000215. The summed E-state index contributed by atoms with van der Waals surface area (Å²) in [6.45, 7) is 11.7. The highest BCUT2D eigenvalue weighted by Crippen LogP contribution is 2.51. The normalized spacial score (nSPS) is 27.9. The van der Waals surface area contributed by atoms with E-state index in [1.807, 2.05) is 37.3 Å². The van der Waals surface area contributed by atoms with E-state index < -0.39 is 69.5 Å². The summed E-state index contributed by atoms with van der Waals surface area (Å²) in [4.78, 5) is 25.2. The standard InChI is InChI=1S/C23H32N5O6P.C15H23ClN5O6P/c1-5-32-35(4,30)33-12-17-19(29)23(3,13-31-11-16-9-7-6-8-10-16)22(34-17)28-14-25-18-20(24)26-15(2)27-21(18)28;1-4-25-28(3,24)26-5-8-10(23)15(2,6-22)13(27-8)21-7-18-9-11(17)19-14(16)20-12(9)21/h6-10,14,17,19,22,29H,5,11-13H2,1-4H3,(H2,24,26,27);7-8,10,13,22-23H,4-6H2,1-3H3,(H2,17,19,20)/t17-,19+,22-,23?,35?;8-,10+,13-,15?,28?/m11/s1. The Kier molecular flexibility index (Phi) is 15.3. The van der Waals surface area contributed by atoms with Gasteiger partial charge in [-0.3, -0.25) is 18.3 Å². The number of nitrogens with zero attached hydrogens (tertiary/aromatic N) is 8. The summed E-state index contributed by atoms with van der Waals surface area (Å²) in [5, 5.41) is 32.1. The Morgan fingerprint density at radius 2 is 1.27 bits per heavy atom. The fourth-order valence-corrected chi connectivity index (χ4v) is 9.61. The third-order valence-electron chi connectivity index (χ3n) is 10.8. The van der Waals surface area contributed by atoms with E-state index in [1.54, 1.807) is 38.6 Å². The van der Waals surface area contributed by atoms with Gasteiger partial charge in [-0.2, -0.15) is 9.97 Å². The van der Waals surface area contributed by atoms with Gasteiger partial charge in [0.05, 0.1) is 81.9 Å². The fraction of sp³-hybridized carbons (Fsp3) is 0.579. The second-order valence-electron chi connectivity index (χ2n) is 15.7. The number of benzene rings is 1. The number of fused-ring (bicyclic) bond motifs is 2. The van der Waals surface area contributed by atoms with Gasteiger partial charge in [0.25, 0.3) is 0 Å². The van der Waals surface area contributed by atoms with Crippen LogP contribution in [0.3, 0.4) is 0 Å². The predicted molar refractivity (Wildman–Crippen MR) is 231 cm³/mol. The quantitative estimate of drug-likeness (QED) is 0.0642. The zero-order chi connectivity index (χ0) is 45.9. The molecule has 0 amide bonds. The number of aryl methyl sites for hydroxylation is 1. The Hall–Kier alpha value is -3.73. The zero-order valence-electron chi connectivity index (χ0n) is 36.0. The number of anilines is 2. The van der Waals surface area contributed by atoms with Gasteiger partial charge in [-0.25, -0.2) is 19.9 Å². The first-order valence-electron chi connectivity index (χ1n) is 20.0. The average molecular weight is 941 g/mol. The lowest BCUT2D eigenvalue weighted by Crippen LogP contribution is -2.42. The first-order valence-corrected chi connectivity index (χ1v) is 24.4. The summed E-state index contributed by atoms with van der Waals surface area (Å²) in [6.07, 6.45) is -2.40. The van der Waals surface area contributed by atoms with Crippen LogP contribution in [0.5, 0.6) is 0 Å². The highest BCUT2D eigenvalue weighted by Gasteiger charge is 2.56. The Labute approximate surface area is 368 Å². The van der Waals surface area contributed by atoms with E-state index in [1.165, 1.54) is 24.2 Å². The van der Waals surface area contributed by atoms with Crippen LogP contribution in [-0.2, 0) is 48.0 Å². The van der Waals surface area contributed by atoms with Crippen LogP contribution in [0, 0.1) is 17.8 Å². The van der Waals surface area contributed by atoms with Gasteiger partial charge >= 0.3 is 15.2 Å². The van der Waals surface area contributed by atoms with Crippen molar-refractivity contribution in [2.24, 2.45) is 10.8 Å². The summed E-state index contributed by atoms with van der Waals surface area (Å²) in [6, 6.07) is 9.76. The summed E-state index contributed by atoms with van der Waals surface area (Å²) < 4.78 is 67.3. The largest absolute Gasteiger partial charge is 0.396 e. The molecule has 7 N–H and O–H groups in total. The molecular weight excluding hydrogens is 886 g/mol. The maximum absolute atomic E-state index is 12.5. The van der Waals surface area contributed by atoms with Crippen molar-refractivity contribution in [3.63, 3.8) is 0 Å². The predicted octanol–water partition coefficient (Wildman–Crippen LogP) is 4.27. The molecule has 7 rings (SSSR count). The maximum atomic E-state index is 12.5. The molecule has 5 aromatic rings. The van der Waals surface area contributed by atoms with Gasteiger partial charge < -0.3 is 59.1 Å². The molecule has 0 spiro atoms. The molecular formula is C38H55ClN10O12P2. The van der Waals surface area contributed by atoms with Crippen molar-refractivity contribution in [3.8, 4) is 0 Å². The van der Waals surface area contributed by atoms with Gasteiger partial charge in [0.2, 0.25) is 5.28 Å². The molecule has 25 heteroatoms. The van der Waals surface area contributed by atoms with Crippen LogP contribution in [0.1, 0.15) is 51.5 Å². The molecule has 2 fully saturated rings. The topological polar surface area (TPSA) is 299 Å². The van der Waals surface area contributed by atoms with Gasteiger partial charge in [-0.15, -0.1) is 0 Å². The molecule has 0 bridgehead atoms. The summed E-state index contributed by atoms with van der Waals surface area (Å²) in [5.41, 5.74) is 12.4. The Morgan fingerprint density at radius 1 is 0.778 bits per heavy atom. The van der Waals surface area contributed by atoms with E-state index in [2.05, 4.69) is 29.9 Å². The summed E-state index contributed by atoms with van der Waals surface area (Å²) in [5.74, 6) is 0.845. The second kappa shape index (κ2) is 19.8. The minimum atomic E-state index is -3.29. The van der Waals surface area contributed by atoms with Gasteiger partial charge in [-0.1, -0.05) is 44.2 Å². The minimum Gasteiger partial charge on any atom is -0.396 e. The molecule has 6 heterocycles. The number of nitrogens with two attached hydrogens (primary N) is 2. The number of imidazole rings is 2. The van der Waals surface area contributed by atoms with E-state index in [-0.39, 0.29) is 50.0 Å². The molecule has 0 aliphatic carbocycles. The van der Waals surface area contributed by atoms with Gasteiger partial charge in [0.1, 0.15) is 41.5 Å². The molecule has 346 valence electrons. The van der Waals surface area contributed by atoms with Crippen molar-refractivity contribution < 1.29 is 56.8 Å².